The molecule has 5 rings (SSSR count). The van der Waals surface area contributed by atoms with Crippen LogP contribution in [0.1, 0.15) is 27.2 Å². The van der Waals surface area contributed by atoms with E-state index < -0.39 is 6.36 Å². The van der Waals surface area contributed by atoms with Gasteiger partial charge in [0.05, 0.1) is 17.1 Å². The summed E-state index contributed by atoms with van der Waals surface area (Å²) in [5.74, 6) is 0.738. The molecule has 0 radical (unpaired) electrons. The number of amides is 1. The van der Waals surface area contributed by atoms with Crippen molar-refractivity contribution in [2.75, 3.05) is 19.6 Å². The molecule has 1 aliphatic heterocycles. The Bertz CT molecular complexity index is 1260. The van der Waals surface area contributed by atoms with Crippen molar-refractivity contribution in [2.24, 2.45) is 17.8 Å². The fraction of sp³-hybridized carbons (Fsp3) is 0.346. The number of hydrogen-bond acceptors (Lipinski definition) is 6. The van der Waals surface area contributed by atoms with E-state index in [9.17, 15) is 18.0 Å². The SMILES string of the molecule is N#Cc1cccc(CN2CC3C(C2)C3CN(Cc2cccc(OC(F)(F)F)c2)C(=O)c2cscn2)c1. The summed E-state index contributed by atoms with van der Waals surface area (Å²) in [5.41, 5.74) is 4.25. The summed E-state index contributed by atoms with van der Waals surface area (Å²) in [5, 5.41) is 10.8. The average Bonchev–Trinajstić information content (AvgIpc) is 3.22. The van der Waals surface area contributed by atoms with Crippen LogP contribution in [0.15, 0.2) is 59.4 Å². The van der Waals surface area contributed by atoms with E-state index in [-0.39, 0.29) is 18.2 Å². The number of benzene rings is 2. The van der Waals surface area contributed by atoms with Gasteiger partial charge in [0.15, 0.2) is 0 Å². The maximum Gasteiger partial charge on any atom is 0.573 e. The van der Waals surface area contributed by atoms with Crippen LogP contribution in [0.25, 0.3) is 0 Å². The quantitative estimate of drug-likeness (QED) is 0.428. The summed E-state index contributed by atoms with van der Waals surface area (Å²) in [6.07, 6.45) is -4.78. The Labute approximate surface area is 210 Å². The molecule has 1 amide bonds. The van der Waals surface area contributed by atoms with E-state index >= 15 is 0 Å². The van der Waals surface area contributed by atoms with Crippen LogP contribution < -0.4 is 4.74 Å². The van der Waals surface area contributed by atoms with Crippen molar-refractivity contribution in [1.82, 2.24) is 14.8 Å². The van der Waals surface area contributed by atoms with Crippen molar-refractivity contribution in [3.05, 3.63) is 81.8 Å². The third-order valence-corrected chi connectivity index (χ3v) is 7.37. The molecular weight excluding hydrogens is 489 g/mol. The van der Waals surface area contributed by atoms with Gasteiger partial charge >= 0.3 is 6.36 Å². The second kappa shape index (κ2) is 9.91. The smallest absolute Gasteiger partial charge is 0.406 e. The first-order valence-electron chi connectivity index (χ1n) is 11.5. The molecule has 2 aromatic carbocycles. The lowest BCUT2D eigenvalue weighted by molar-refractivity contribution is -0.274. The third kappa shape index (κ3) is 5.69. The van der Waals surface area contributed by atoms with Crippen LogP contribution in [-0.2, 0) is 13.1 Å². The van der Waals surface area contributed by atoms with Crippen LogP contribution in [0.5, 0.6) is 5.75 Å². The zero-order valence-electron chi connectivity index (χ0n) is 19.2. The molecule has 0 bridgehead atoms. The van der Waals surface area contributed by atoms with Gasteiger partial charge in [0, 0.05) is 38.1 Å². The molecule has 3 aromatic rings. The molecule has 1 saturated carbocycles. The van der Waals surface area contributed by atoms with Crippen molar-refractivity contribution in [2.45, 2.75) is 19.5 Å². The number of thiazole rings is 1. The molecule has 2 fully saturated rings. The van der Waals surface area contributed by atoms with Gasteiger partial charge < -0.3 is 9.64 Å². The molecule has 10 heteroatoms. The second-order valence-corrected chi connectivity index (χ2v) is 9.97. The van der Waals surface area contributed by atoms with E-state index in [1.54, 1.807) is 27.9 Å². The van der Waals surface area contributed by atoms with Gasteiger partial charge in [0.2, 0.25) is 0 Å². The first kappa shape index (κ1) is 24.3. The maximum absolute atomic E-state index is 13.2. The highest BCUT2D eigenvalue weighted by molar-refractivity contribution is 7.07. The Morgan fingerprint density at radius 3 is 2.61 bits per heavy atom. The number of piperidine rings is 1. The summed E-state index contributed by atoms with van der Waals surface area (Å²) in [4.78, 5) is 21.4. The number of rotatable bonds is 8. The highest BCUT2D eigenvalue weighted by Gasteiger charge is 2.55. The van der Waals surface area contributed by atoms with Crippen molar-refractivity contribution in [1.29, 1.82) is 5.26 Å². The van der Waals surface area contributed by atoms with E-state index in [2.05, 4.69) is 20.7 Å². The van der Waals surface area contributed by atoms with Crippen molar-refractivity contribution in [3.63, 3.8) is 0 Å². The topological polar surface area (TPSA) is 69.5 Å². The highest BCUT2D eigenvalue weighted by Crippen LogP contribution is 2.52. The van der Waals surface area contributed by atoms with Crippen molar-refractivity contribution in [3.8, 4) is 11.8 Å². The molecule has 0 N–H and O–H groups in total. The van der Waals surface area contributed by atoms with Gasteiger partial charge in [-0.05, 0) is 53.1 Å². The van der Waals surface area contributed by atoms with Crippen LogP contribution in [0.3, 0.4) is 0 Å². The molecule has 0 spiro atoms. The molecule has 2 unspecified atom stereocenters. The van der Waals surface area contributed by atoms with Crippen molar-refractivity contribution < 1.29 is 22.7 Å². The lowest BCUT2D eigenvalue weighted by Gasteiger charge is -2.25. The van der Waals surface area contributed by atoms with Crippen molar-refractivity contribution >= 4 is 17.2 Å². The van der Waals surface area contributed by atoms with E-state index in [1.165, 1.54) is 29.5 Å². The summed E-state index contributed by atoms with van der Waals surface area (Å²) in [7, 11) is 0. The van der Waals surface area contributed by atoms with Crippen LogP contribution in [0.4, 0.5) is 13.2 Å². The Hall–Kier alpha value is -3.42. The van der Waals surface area contributed by atoms with Gasteiger partial charge in [0.1, 0.15) is 11.4 Å². The third-order valence-electron chi connectivity index (χ3n) is 6.78. The van der Waals surface area contributed by atoms with Crippen LogP contribution in [0, 0.1) is 29.1 Å². The van der Waals surface area contributed by atoms with Gasteiger partial charge in [-0.3, -0.25) is 9.69 Å². The molecule has 2 heterocycles. The van der Waals surface area contributed by atoms with Crippen LogP contribution >= 0.6 is 11.3 Å². The first-order chi connectivity index (χ1) is 17.3. The highest BCUT2D eigenvalue weighted by atomic mass is 32.1. The molecule has 6 nitrogen and oxygen atoms in total. The minimum Gasteiger partial charge on any atom is -0.406 e. The van der Waals surface area contributed by atoms with Gasteiger partial charge in [-0.25, -0.2) is 4.98 Å². The Balaban J connectivity index is 1.24. The molecule has 2 aliphatic rings. The fourth-order valence-electron chi connectivity index (χ4n) is 5.15. The number of carbonyl (C=O) groups excluding carboxylic acids is 1. The number of nitrogens with zero attached hydrogens (tertiary/aromatic N) is 4. The van der Waals surface area contributed by atoms with Gasteiger partial charge in [0.25, 0.3) is 5.91 Å². The van der Waals surface area contributed by atoms with E-state index in [1.807, 2.05) is 18.2 Å². The lowest BCUT2D eigenvalue weighted by atomic mass is 10.1. The predicted octanol–water partition coefficient (Wildman–Crippen LogP) is 4.93. The number of ether oxygens (including phenoxy) is 1. The number of aromatic nitrogens is 1. The second-order valence-electron chi connectivity index (χ2n) is 9.25. The molecule has 1 aliphatic carbocycles. The van der Waals surface area contributed by atoms with Gasteiger partial charge in [-0.1, -0.05) is 24.3 Å². The zero-order chi connectivity index (χ0) is 25.3. The van der Waals surface area contributed by atoms with Gasteiger partial charge in [-0.2, -0.15) is 5.26 Å². The number of alkyl halides is 3. The van der Waals surface area contributed by atoms with Gasteiger partial charge in [-0.15, -0.1) is 24.5 Å². The predicted molar refractivity (Wildman–Crippen MR) is 127 cm³/mol. The molecule has 2 atom stereocenters. The molecule has 1 aromatic heterocycles. The number of fused-ring (bicyclic) bond motifs is 1. The largest absolute Gasteiger partial charge is 0.573 e. The number of likely N-dealkylation sites (tertiary alicyclic amines) is 1. The summed E-state index contributed by atoms with van der Waals surface area (Å²) < 4.78 is 42.0. The minimum atomic E-state index is -4.78. The lowest BCUT2D eigenvalue weighted by Crippen LogP contribution is -2.35. The van der Waals surface area contributed by atoms with E-state index in [0.29, 0.717) is 41.1 Å². The standard InChI is InChI=1S/C26H23F3N4O2S/c27-26(28,29)35-20-6-2-5-19(8-20)11-33(25(34)24-15-36-16-31-24)14-23-21-12-32(13-22(21)23)10-18-4-1-3-17(7-18)9-30/h1-8,15-16,21-23H,10-14H2. The van der Waals surface area contributed by atoms with Crippen LogP contribution in [0.2, 0.25) is 0 Å². The van der Waals surface area contributed by atoms with Crippen LogP contribution in [-0.4, -0.2) is 46.7 Å². The molecule has 1 saturated heterocycles. The summed E-state index contributed by atoms with van der Waals surface area (Å²) >= 11 is 1.33. The monoisotopic (exact) mass is 512 g/mol. The fourth-order valence-corrected chi connectivity index (χ4v) is 5.68. The Kier molecular flexibility index (Phi) is 6.69. The van der Waals surface area contributed by atoms with E-state index in [0.717, 1.165) is 25.2 Å². The zero-order valence-corrected chi connectivity index (χ0v) is 20.0. The molecule has 36 heavy (non-hydrogen) atoms. The summed E-state index contributed by atoms with van der Waals surface area (Å²) in [6.45, 7) is 3.31. The minimum absolute atomic E-state index is 0.173. The first-order valence-corrected chi connectivity index (χ1v) is 12.5. The number of nitriles is 1. The van der Waals surface area contributed by atoms with E-state index in [4.69, 9.17) is 5.26 Å². The Morgan fingerprint density at radius 2 is 1.92 bits per heavy atom. The number of carbonyl (C=O) groups is 1. The number of hydrogen-bond donors (Lipinski definition) is 0. The number of halogens is 3. The Morgan fingerprint density at radius 1 is 1.17 bits per heavy atom. The normalized spacial score (nSPS) is 21.0. The molecular formula is C26H23F3N4O2S. The average molecular weight is 513 g/mol. The summed E-state index contributed by atoms with van der Waals surface area (Å²) in [6, 6.07) is 15.5. The maximum atomic E-state index is 13.2. The molecule has 186 valence electrons.